The number of rotatable bonds is 11. The van der Waals surface area contributed by atoms with Gasteiger partial charge in [-0.2, -0.15) is 0 Å². The molecule has 0 fully saturated rings. The van der Waals surface area contributed by atoms with Gasteiger partial charge in [-0.05, 0) is 108 Å². The minimum Gasteiger partial charge on any atom is -0.0622 e. The molecule has 0 aliphatic rings. The largest absolute Gasteiger partial charge is 0.0701 e. The van der Waals surface area contributed by atoms with Crippen LogP contribution in [0.1, 0.15) is 44.5 Å². The molecule has 0 bridgehead atoms. The number of hydrogen-bond donors (Lipinski definition) is 0. The molecule has 0 N–H and O–H groups in total. The Morgan fingerprint density at radius 3 is 0.629 bits per heavy atom. The van der Waals surface area contributed by atoms with Crippen LogP contribution in [0.3, 0.4) is 0 Å². The van der Waals surface area contributed by atoms with E-state index in [0.717, 1.165) is 22.3 Å². The Balaban J connectivity index is 1.20. The summed E-state index contributed by atoms with van der Waals surface area (Å²) in [6, 6.07) is 102. The van der Waals surface area contributed by atoms with Crippen molar-refractivity contribution in [3.05, 3.63) is 324 Å². The van der Waals surface area contributed by atoms with Crippen LogP contribution in [0.2, 0.25) is 0 Å². The topological polar surface area (TPSA) is 0 Å². The Kier molecular flexibility index (Phi) is 10.6. The van der Waals surface area contributed by atoms with Gasteiger partial charge in [-0.1, -0.05) is 249 Å². The van der Waals surface area contributed by atoms with Crippen molar-refractivity contribution in [1.82, 2.24) is 0 Å². The normalized spacial score (nSPS) is 11.5. The molecule has 10 rings (SSSR count). The fourth-order valence-corrected chi connectivity index (χ4v) is 9.75. The standard InChI is InChI=1S/C62H46/c1-8-24-47(25-9-1)50-42-51(48-26-22-40-59(45-48)61(53-28-10-2-11-29-53,54-30-12-3-13-31-54)55-32-14-4-15-33-55)44-52(43-50)49-27-23-41-60(46-49)62(56-34-16-5-17-35-56,57-36-18-6-19-37-57)58-38-20-7-21-39-58/h1-46H. The highest BCUT2D eigenvalue weighted by molar-refractivity contribution is 5.82. The van der Waals surface area contributed by atoms with Crippen LogP contribution in [0.5, 0.6) is 0 Å². The fraction of sp³-hybridized carbons (Fsp3) is 0.0323. The van der Waals surface area contributed by atoms with E-state index in [0.29, 0.717) is 0 Å². The van der Waals surface area contributed by atoms with E-state index in [2.05, 4.69) is 279 Å². The first-order valence-corrected chi connectivity index (χ1v) is 21.5. The quantitative estimate of drug-likeness (QED) is 0.115. The summed E-state index contributed by atoms with van der Waals surface area (Å²) >= 11 is 0. The van der Waals surface area contributed by atoms with Crippen molar-refractivity contribution >= 4 is 0 Å². The summed E-state index contributed by atoms with van der Waals surface area (Å²) in [4.78, 5) is 0. The van der Waals surface area contributed by atoms with E-state index >= 15 is 0 Å². The lowest BCUT2D eigenvalue weighted by Crippen LogP contribution is -2.31. The zero-order valence-corrected chi connectivity index (χ0v) is 34.6. The average molecular weight is 791 g/mol. The van der Waals surface area contributed by atoms with Crippen LogP contribution in [0.4, 0.5) is 0 Å². The summed E-state index contributed by atoms with van der Waals surface area (Å²) < 4.78 is 0. The summed E-state index contributed by atoms with van der Waals surface area (Å²) in [6.45, 7) is 0. The Bertz CT molecular complexity index is 2630. The summed E-state index contributed by atoms with van der Waals surface area (Å²) in [5.41, 5.74) is 15.7. The van der Waals surface area contributed by atoms with Gasteiger partial charge in [0.15, 0.2) is 0 Å². The van der Waals surface area contributed by atoms with Gasteiger partial charge in [0.25, 0.3) is 0 Å². The van der Waals surface area contributed by atoms with E-state index in [9.17, 15) is 0 Å². The van der Waals surface area contributed by atoms with Gasteiger partial charge in [-0.25, -0.2) is 0 Å². The highest BCUT2D eigenvalue weighted by Crippen LogP contribution is 2.48. The van der Waals surface area contributed by atoms with Gasteiger partial charge < -0.3 is 0 Å². The van der Waals surface area contributed by atoms with E-state index in [-0.39, 0.29) is 0 Å². The van der Waals surface area contributed by atoms with Gasteiger partial charge >= 0.3 is 0 Å². The van der Waals surface area contributed by atoms with Crippen molar-refractivity contribution < 1.29 is 0 Å². The fourth-order valence-electron chi connectivity index (χ4n) is 9.75. The molecular formula is C62H46. The molecule has 10 aromatic rings. The first kappa shape index (κ1) is 38.4. The molecule has 0 radical (unpaired) electrons. The van der Waals surface area contributed by atoms with Gasteiger partial charge in [0.2, 0.25) is 0 Å². The molecule has 0 amide bonds. The molecule has 62 heavy (non-hydrogen) atoms. The van der Waals surface area contributed by atoms with Crippen molar-refractivity contribution in [2.75, 3.05) is 0 Å². The molecule has 0 aromatic heterocycles. The Labute approximate surface area is 366 Å². The first-order chi connectivity index (χ1) is 30.7. The van der Waals surface area contributed by atoms with Crippen LogP contribution in [0, 0.1) is 0 Å². The van der Waals surface area contributed by atoms with E-state index in [4.69, 9.17) is 0 Å². The molecule has 0 unspecified atom stereocenters. The molecule has 0 heterocycles. The van der Waals surface area contributed by atoms with Crippen molar-refractivity contribution in [2.45, 2.75) is 10.8 Å². The highest BCUT2D eigenvalue weighted by Gasteiger charge is 2.39. The minimum atomic E-state index is -0.552. The molecule has 294 valence electrons. The van der Waals surface area contributed by atoms with Crippen LogP contribution in [0.25, 0.3) is 33.4 Å². The molecule has 0 aliphatic carbocycles. The summed E-state index contributed by atoms with van der Waals surface area (Å²) in [5, 5.41) is 0. The third kappa shape index (κ3) is 6.96. The molecule has 0 heteroatoms. The monoisotopic (exact) mass is 790 g/mol. The Morgan fingerprint density at radius 2 is 0.355 bits per heavy atom. The van der Waals surface area contributed by atoms with E-state index in [1.807, 2.05) is 0 Å². The molecule has 0 aliphatic heterocycles. The second-order valence-electron chi connectivity index (χ2n) is 16.0. The smallest absolute Gasteiger partial charge is 0.0622 e. The second-order valence-corrected chi connectivity index (χ2v) is 16.0. The first-order valence-electron chi connectivity index (χ1n) is 21.5. The van der Waals surface area contributed by atoms with Crippen LogP contribution < -0.4 is 0 Å². The minimum absolute atomic E-state index is 0.552. The summed E-state index contributed by atoms with van der Waals surface area (Å²) in [7, 11) is 0. The van der Waals surface area contributed by atoms with E-state index in [1.165, 1.54) is 55.6 Å². The van der Waals surface area contributed by atoms with Crippen molar-refractivity contribution in [3.8, 4) is 33.4 Å². The third-order valence-corrected chi connectivity index (χ3v) is 12.5. The molecule has 10 aromatic carbocycles. The Morgan fingerprint density at radius 1 is 0.145 bits per heavy atom. The lowest BCUT2D eigenvalue weighted by atomic mass is 9.65. The van der Waals surface area contributed by atoms with Crippen LogP contribution in [-0.4, -0.2) is 0 Å². The predicted octanol–water partition coefficient (Wildman–Crippen LogP) is 15.5. The van der Waals surface area contributed by atoms with Crippen molar-refractivity contribution in [1.29, 1.82) is 0 Å². The zero-order chi connectivity index (χ0) is 41.6. The lowest BCUT2D eigenvalue weighted by molar-refractivity contribution is 0.745. The van der Waals surface area contributed by atoms with Gasteiger partial charge in [0, 0.05) is 0 Å². The molecule has 0 atom stereocenters. The molecule has 0 spiro atoms. The van der Waals surface area contributed by atoms with Gasteiger partial charge in [-0.15, -0.1) is 0 Å². The SMILES string of the molecule is c1ccc(-c2cc(-c3cccc(C(c4ccccc4)(c4ccccc4)c4ccccc4)c3)cc(-c3cccc(C(c4ccccc4)(c4ccccc4)c4ccccc4)c3)c2)cc1. The lowest BCUT2D eigenvalue weighted by Gasteiger charge is -2.37. The van der Waals surface area contributed by atoms with Crippen LogP contribution >= 0.6 is 0 Å². The summed E-state index contributed by atoms with van der Waals surface area (Å²) in [6.07, 6.45) is 0. The Hall–Kier alpha value is -7.80. The molecule has 0 saturated heterocycles. The number of benzene rings is 10. The van der Waals surface area contributed by atoms with Crippen molar-refractivity contribution in [2.24, 2.45) is 0 Å². The van der Waals surface area contributed by atoms with E-state index < -0.39 is 10.8 Å². The van der Waals surface area contributed by atoms with Gasteiger partial charge in [0.05, 0.1) is 10.8 Å². The number of hydrogen-bond acceptors (Lipinski definition) is 0. The molecule has 0 nitrogen and oxygen atoms in total. The maximum Gasteiger partial charge on any atom is 0.0701 e. The maximum absolute atomic E-state index is 2.42. The van der Waals surface area contributed by atoms with Gasteiger partial charge in [0.1, 0.15) is 0 Å². The van der Waals surface area contributed by atoms with E-state index in [1.54, 1.807) is 0 Å². The highest BCUT2D eigenvalue weighted by atomic mass is 14.4. The van der Waals surface area contributed by atoms with Crippen LogP contribution in [0.15, 0.2) is 279 Å². The second kappa shape index (κ2) is 17.1. The molecule has 0 saturated carbocycles. The maximum atomic E-state index is 2.42. The predicted molar refractivity (Wildman–Crippen MR) is 259 cm³/mol. The third-order valence-electron chi connectivity index (χ3n) is 12.5. The molecular weight excluding hydrogens is 745 g/mol. The summed E-state index contributed by atoms with van der Waals surface area (Å²) in [5.74, 6) is 0. The van der Waals surface area contributed by atoms with Crippen LogP contribution in [-0.2, 0) is 10.8 Å². The van der Waals surface area contributed by atoms with Crippen molar-refractivity contribution in [3.63, 3.8) is 0 Å². The van der Waals surface area contributed by atoms with Gasteiger partial charge in [-0.3, -0.25) is 0 Å². The average Bonchev–Trinajstić information content (AvgIpc) is 3.37. The zero-order valence-electron chi connectivity index (χ0n) is 34.6.